The van der Waals surface area contributed by atoms with Gasteiger partial charge in [0.05, 0.1) is 26.9 Å². The lowest BCUT2D eigenvalue weighted by molar-refractivity contribution is 0.0389. The van der Waals surface area contributed by atoms with Gasteiger partial charge in [-0.15, -0.1) is 10.2 Å². The number of nitrogens with zero attached hydrogens (tertiary/aromatic N) is 5. The van der Waals surface area contributed by atoms with Gasteiger partial charge in [-0.1, -0.05) is 6.07 Å². The van der Waals surface area contributed by atoms with E-state index in [-0.39, 0.29) is 6.10 Å². The topological polar surface area (TPSA) is 98.1 Å². The van der Waals surface area contributed by atoms with Gasteiger partial charge in [-0.3, -0.25) is 4.90 Å². The van der Waals surface area contributed by atoms with Crippen LogP contribution in [0, 0.1) is 6.92 Å². The molecule has 2 aromatic rings. The third-order valence-corrected chi connectivity index (χ3v) is 5.32. The monoisotopic (exact) mass is 445 g/mol. The van der Waals surface area contributed by atoms with Crippen LogP contribution in [0.5, 0.6) is 11.5 Å². The molecule has 1 saturated heterocycles. The zero-order chi connectivity index (χ0) is 22.8. The Morgan fingerprint density at radius 1 is 1.22 bits per heavy atom. The Kier molecular flexibility index (Phi) is 9.12. The Morgan fingerprint density at radius 3 is 2.72 bits per heavy atom. The van der Waals surface area contributed by atoms with Gasteiger partial charge in [-0.05, 0) is 26.0 Å². The molecule has 2 N–H and O–H groups in total. The summed E-state index contributed by atoms with van der Waals surface area (Å²) < 4.78 is 18.7. The molecule has 1 aromatic heterocycles. The van der Waals surface area contributed by atoms with Gasteiger partial charge < -0.3 is 29.4 Å². The summed E-state index contributed by atoms with van der Waals surface area (Å²) in [5.74, 6) is 3.95. The molecule has 10 heteroatoms. The first-order valence-electron chi connectivity index (χ1n) is 11.0. The summed E-state index contributed by atoms with van der Waals surface area (Å²) >= 11 is 0. The molecule has 0 bridgehead atoms. The number of rotatable bonds is 10. The highest BCUT2D eigenvalue weighted by atomic mass is 16.5. The summed E-state index contributed by atoms with van der Waals surface area (Å²) in [6.45, 7) is 10.2. The van der Waals surface area contributed by atoms with Crippen LogP contribution in [0.4, 0.5) is 0 Å². The first-order valence-corrected chi connectivity index (χ1v) is 11.0. The van der Waals surface area contributed by atoms with Crippen LogP contribution in [0.25, 0.3) is 0 Å². The number of ether oxygens (including phenoxy) is 3. The standard InChI is InChI=1S/C22H35N7O3/c1-17(32-20-7-5-6-19(14-20)30-4)15-24-22(23-8-9-29-10-12-31-13-11-29)25-16-21-27-26-18(2)28(21)3/h5-7,14,17H,8-13,15-16H2,1-4H3,(H2,23,24,25). The maximum Gasteiger partial charge on any atom is 0.191 e. The van der Waals surface area contributed by atoms with Crippen LogP contribution >= 0.6 is 0 Å². The van der Waals surface area contributed by atoms with Gasteiger partial charge >= 0.3 is 0 Å². The lowest BCUT2D eigenvalue weighted by Gasteiger charge is -2.27. The smallest absolute Gasteiger partial charge is 0.191 e. The first kappa shape index (κ1) is 23.8. The number of morpholine rings is 1. The van der Waals surface area contributed by atoms with E-state index in [4.69, 9.17) is 19.2 Å². The third-order valence-electron chi connectivity index (χ3n) is 5.32. The number of nitrogens with one attached hydrogen (secondary N) is 2. The fourth-order valence-corrected chi connectivity index (χ4v) is 3.26. The molecule has 0 amide bonds. The van der Waals surface area contributed by atoms with Gasteiger partial charge in [-0.2, -0.15) is 0 Å². The lowest BCUT2D eigenvalue weighted by Crippen LogP contribution is -2.46. The van der Waals surface area contributed by atoms with Crippen molar-refractivity contribution in [3.8, 4) is 11.5 Å². The zero-order valence-corrected chi connectivity index (χ0v) is 19.5. The van der Waals surface area contributed by atoms with Crippen LogP contribution in [0.15, 0.2) is 29.3 Å². The number of hydrogen-bond acceptors (Lipinski definition) is 7. The van der Waals surface area contributed by atoms with Gasteiger partial charge in [0.15, 0.2) is 11.8 Å². The van der Waals surface area contributed by atoms with Crippen LogP contribution in [-0.4, -0.2) is 84.8 Å². The molecule has 176 valence electrons. The fraction of sp³-hybridized carbons (Fsp3) is 0.591. The average Bonchev–Trinajstić information content (AvgIpc) is 3.13. The van der Waals surface area contributed by atoms with E-state index in [0.717, 1.165) is 68.5 Å². The number of aromatic nitrogens is 3. The summed E-state index contributed by atoms with van der Waals surface area (Å²) in [6.07, 6.45) is -0.0644. The Morgan fingerprint density at radius 2 is 2.00 bits per heavy atom. The van der Waals surface area contributed by atoms with E-state index in [1.54, 1.807) is 7.11 Å². The summed E-state index contributed by atoms with van der Waals surface area (Å²) in [5.41, 5.74) is 0. The predicted octanol–water partition coefficient (Wildman–Crippen LogP) is 0.967. The molecular weight excluding hydrogens is 410 g/mol. The van der Waals surface area contributed by atoms with E-state index in [2.05, 4.69) is 25.7 Å². The normalized spacial score (nSPS) is 15.9. The van der Waals surface area contributed by atoms with Crippen molar-refractivity contribution < 1.29 is 14.2 Å². The van der Waals surface area contributed by atoms with Gasteiger partial charge in [0.1, 0.15) is 30.0 Å². The van der Waals surface area contributed by atoms with E-state index in [9.17, 15) is 0 Å². The molecule has 10 nitrogen and oxygen atoms in total. The maximum atomic E-state index is 6.02. The van der Waals surface area contributed by atoms with Crippen LogP contribution in [0.3, 0.4) is 0 Å². The minimum Gasteiger partial charge on any atom is -0.497 e. The molecule has 0 saturated carbocycles. The highest BCUT2D eigenvalue weighted by Gasteiger charge is 2.11. The molecule has 1 atom stereocenters. The Balaban J connectivity index is 1.54. The van der Waals surface area contributed by atoms with Crippen molar-refractivity contribution in [2.24, 2.45) is 12.0 Å². The van der Waals surface area contributed by atoms with Crippen molar-refractivity contribution >= 4 is 5.96 Å². The third kappa shape index (κ3) is 7.38. The van der Waals surface area contributed by atoms with Crippen molar-refractivity contribution in [1.82, 2.24) is 30.3 Å². The maximum absolute atomic E-state index is 6.02. The quantitative estimate of drug-likeness (QED) is 0.412. The molecule has 0 spiro atoms. The summed E-state index contributed by atoms with van der Waals surface area (Å²) in [6, 6.07) is 7.61. The van der Waals surface area contributed by atoms with E-state index in [0.29, 0.717) is 13.1 Å². The molecule has 1 aliphatic heterocycles. The van der Waals surface area contributed by atoms with E-state index < -0.39 is 0 Å². The molecule has 1 aliphatic rings. The number of guanidine groups is 1. The molecule has 0 radical (unpaired) electrons. The van der Waals surface area contributed by atoms with Crippen molar-refractivity contribution in [1.29, 1.82) is 0 Å². The average molecular weight is 446 g/mol. The molecular formula is C22H35N7O3. The molecule has 1 aromatic carbocycles. The van der Waals surface area contributed by atoms with Crippen LogP contribution in [0.2, 0.25) is 0 Å². The SMILES string of the molecule is COc1cccc(OC(C)CNC(=NCc2nnc(C)n2C)NCCN2CCOCC2)c1. The molecule has 0 aliphatic carbocycles. The number of methoxy groups -OCH3 is 1. The highest BCUT2D eigenvalue weighted by Crippen LogP contribution is 2.19. The van der Waals surface area contributed by atoms with Crippen molar-refractivity contribution in [3.05, 3.63) is 35.9 Å². The predicted molar refractivity (Wildman–Crippen MR) is 123 cm³/mol. The van der Waals surface area contributed by atoms with Crippen molar-refractivity contribution in [2.75, 3.05) is 53.0 Å². The largest absolute Gasteiger partial charge is 0.497 e. The van der Waals surface area contributed by atoms with E-state index >= 15 is 0 Å². The number of aryl methyl sites for hydroxylation is 1. The lowest BCUT2D eigenvalue weighted by atomic mass is 10.3. The Hall–Kier alpha value is -2.85. The van der Waals surface area contributed by atoms with Gasteiger partial charge in [-0.25, -0.2) is 4.99 Å². The molecule has 3 rings (SSSR count). The molecule has 32 heavy (non-hydrogen) atoms. The number of aliphatic imine (C=N–C) groups is 1. The minimum absolute atomic E-state index is 0.0644. The second-order valence-corrected chi connectivity index (χ2v) is 7.76. The van der Waals surface area contributed by atoms with Crippen molar-refractivity contribution in [3.63, 3.8) is 0 Å². The second kappa shape index (κ2) is 12.3. The summed E-state index contributed by atoms with van der Waals surface area (Å²) in [4.78, 5) is 7.09. The fourth-order valence-electron chi connectivity index (χ4n) is 3.26. The summed E-state index contributed by atoms with van der Waals surface area (Å²) in [7, 11) is 3.59. The van der Waals surface area contributed by atoms with Crippen LogP contribution in [-0.2, 0) is 18.3 Å². The van der Waals surface area contributed by atoms with E-state index in [1.165, 1.54) is 0 Å². The molecule has 1 fully saturated rings. The molecule has 1 unspecified atom stereocenters. The number of benzene rings is 1. The number of hydrogen-bond donors (Lipinski definition) is 2. The Labute approximate surface area is 190 Å². The van der Waals surface area contributed by atoms with Gasteiger partial charge in [0.2, 0.25) is 0 Å². The highest BCUT2D eigenvalue weighted by molar-refractivity contribution is 5.79. The van der Waals surface area contributed by atoms with Crippen LogP contribution in [0.1, 0.15) is 18.6 Å². The zero-order valence-electron chi connectivity index (χ0n) is 19.5. The van der Waals surface area contributed by atoms with Crippen LogP contribution < -0.4 is 20.1 Å². The Bertz CT molecular complexity index is 865. The summed E-state index contributed by atoms with van der Waals surface area (Å²) in [5, 5.41) is 15.1. The second-order valence-electron chi connectivity index (χ2n) is 7.76. The van der Waals surface area contributed by atoms with E-state index in [1.807, 2.05) is 49.7 Å². The van der Waals surface area contributed by atoms with Crippen molar-refractivity contribution in [2.45, 2.75) is 26.5 Å². The first-order chi connectivity index (χ1) is 15.5. The molecule has 2 heterocycles. The van der Waals surface area contributed by atoms with Gasteiger partial charge in [0, 0.05) is 39.3 Å². The minimum atomic E-state index is -0.0644. The van der Waals surface area contributed by atoms with Gasteiger partial charge in [0.25, 0.3) is 0 Å².